The van der Waals surface area contributed by atoms with Crippen molar-refractivity contribution in [2.45, 2.75) is 6.92 Å². The summed E-state index contributed by atoms with van der Waals surface area (Å²) in [7, 11) is 0. The van der Waals surface area contributed by atoms with Gasteiger partial charge < -0.3 is 10.6 Å². The molecule has 0 unspecified atom stereocenters. The smallest absolute Gasteiger partial charge is 0.240 e. The summed E-state index contributed by atoms with van der Waals surface area (Å²) in [6, 6.07) is 10.8. The van der Waals surface area contributed by atoms with Gasteiger partial charge in [0.05, 0.1) is 23.3 Å². The summed E-state index contributed by atoms with van der Waals surface area (Å²) in [4.78, 5) is 30.3. The number of para-hydroxylation sites is 2. The summed E-state index contributed by atoms with van der Waals surface area (Å²) in [6.45, 7) is 1.94. The van der Waals surface area contributed by atoms with Crippen LogP contribution in [0.5, 0.6) is 0 Å². The Labute approximate surface area is 164 Å². The van der Waals surface area contributed by atoms with Crippen LogP contribution < -0.4 is 10.6 Å². The summed E-state index contributed by atoms with van der Waals surface area (Å²) in [5.41, 5.74) is 0.295. The lowest BCUT2D eigenvalue weighted by molar-refractivity contribution is -0.119. The minimum atomic E-state index is -0.857. The number of nitrogens with one attached hydrogen (secondary N) is 2. The average Bonchev–Trinajstić information content (AvgIpc) is 3.06. The lowest BCUT2D eigenvalue weighted by Crippen LogP contribution is -2.38. The molecule has 6 nitrogen and oxygen atoms in total. The molecule has 9 heteroatoms. The van der Waals surface area contributed by atoms with Crippen LogP contribution in [-0.4, -0.2) is 41.3 Å². The van der Waals surface area contributed by atoms with E-state index in [1.807, 2.05) is 24.3 Å². The predicted octanol–water partition coefficient (Wildman–Crippen LogP) is 3.47. The van der Waals surface area contributed by atoms with Crippen LogP contribution in [0.25, 0.3) is 10.2 Å². The molecule has 3 aromatic rings. The molecule has 2 aromatic carbocycles. The summed E-state index contributed by atoms with van der Waals surface area (Å²) in [5.74, 6) is -2.65. The molecule has 0 saturated heterocycles. The van der Waals surface area contributed by atoms with E-state index in [4.69, 9.17) is 0 Å². The third-order valence-corrected chi connectivity index (χ3v) is 4.90. The molecule has 28 heavy (non-hydrogen) atoms. The Morgan fingerprint density at radius 1 is 1.00 bits per heavy atom. The van der Waals surface area contributed by atoms with Crippen molar-refractivity contribution in [3.8, 4) is 0 Å². The van der Waals surface area contributed by atoms with Crippen molar-refractivity contribution in [1.82, 2.24) is 9.88 Å². The molecule has 0 aliphatic carbocycles. The second-order valence-electron chi connectivity index (χ2n) is 5.98. The Hall–Kier alpha value is -2.91. The molecule has 0 saturated carbocycles. The van der Waals surface area contributed by atoms with E-state index in [1.165, 1.54) is 17.4 Å². The molecule has 0 spiro atoms. The quantitative estimate of drug-likeness (QED) is 0.632. The van der Waals surface area contributed by atoms with E-state index >= 15 is 0 Å². The lowest BCUT2D eigenvalue weighted by atomic mass is 10.3. The standard InChI is InChI=1S/C19H18F2N4O2S/c1-2-25(10-16(26)23-18-12(20)6-5-7-13(18)21)11-17(27)24-19-22-14-8-3-4-9-15(14)28-19/h3-9H,2,10-11H2,1H3,(H,23,26)(H,22,24,27). The van der Waals surface area contributed by atoms with Crippen LogP contribution >= 0.6 is 11.3 Å². The van der Waals surface area contributed by atoms with E-state index in [0.717, 1.165) is 22.3 Å². The molecule has 0 aliphatic heterocycles. The normalized spacial score (nSPS) is 11.0. The zero-order valence-corrected chi connectivity index (χ0v) is 15.9. The van der Waals surface area contributed by atoms with E-state index < -0.39 is 23.2 Å². The number of benzene rings is 2. The lowest BCUT2D eigenvalue weighted by Gasteiger charge is -2.19. The maximum Gasteiger partial charge on any atom is 0.240 e. The number of anilines is 2. The third-order valence-electron chi connectivity index (χ3n) is 3.95. The minimum absolute atomic E-state index is 0.0560. The van der Waals surface area contributed by atoms with E-state index in [-0.39, 0.29) is 19.0 Å². The molecule has 0 radical (unpaired) electrons. The van der Waals surface area contributed by atoms with Gasteiger partial charge in [-0.3, -0.25) is 14.5 Å². The second kappa shape index (κ2) is 8.85. The van der Waals surface area contributed by atoms with Gasteiger partial charge in [0, 0.05) is 0 Å². The fourth-order valence-electron chi connectivity index (χ4n) is 2.57. The molecule has 0 atom stereocenters. The number of carbonyl (C=O) groups excluding carboxylic acids is 2. The summed E-state index contributed by atoms with van der Waals surface area (Å²) < 4.78 is 28.2. The minimum Gasteiger partial charge on any atom is -0.320 e. The van der Waals surface area contributed by atoms with Crippen LogP contribution in [0.2, 0.25) is 0 Å². The largest absolute Gasteiger partial charge is 0.320 e. The van der Waals surface area contributed by atoms with Crippen LogP contribution in [0.3, 0.4) is 0 Å². The number of fused-ring (bicyclic) bond motifs is 1. The zero-order valence-electron chi connectivity index (χ0n) is 15.0. The number of halogens is 2. The number of amides is 2. The number of aromatic nitrogens is 1. The van der Waals surface area contributed by atoms with E-state index in [1.54, 1.807) is 11.8 Å². The van der Waals surface area contributed by atoms with Crippen molar-refractivity contribution in [3.05, 3.63) is 54.1 Å². The first-order chi connectivity index (χ1) is 13.5. The highest BCUT2D eigenvalue weighted by atomic mass is 32.1. The zero-order chi connectivity index (χ0) is 20.1. The van der Waals surface area contributed by atoms with Crippen molar-refractivity contribution in [2.75, 3.05) is 30.3 Å². The SMILES string of the molecule is CCN(CC(=O)Nc1nc2ccccc2s1)CC(=O)Nc1c(F)cccc1F. The number of carbonyl (C=O) groups is 2. The molecule has 0 fully saturated rings. The van der Waals surface area contributed by atoms with Crippen LogP contribution in [0, 0.1) is 11.6 Å². The number of hydrogen-bond donors (Lipinski definition) is 2. The molecule has 1 aromatic heterocycles. The monoisotopic (exact) mass is 404 g/mol. The Bertz CT molecular complexity index is 955. The van der Waals surface area contributed by atoms with Crippen LogP contribution in [0.1, 0.15) is 6.92 Å². The number of likely N-dealkylation sites (N-methyl/N-ethyl adjacent to an activating group) is 1. The molecule has 0 aliphatic rings. The maximum atomic E-state index is 13.6. The number of nitrogens with zero attached hydrogens (tertiary/aromatic N) is 2. The average molecular weight is 404 g/mol. The van der Waals surface area contributed by atoms with Gasteiger partial charge in [-0.15, -0.1) is 0 Å². The van der Waals surface area contributed by atoms with Crippen LogP contribution in [0.4, 0.5) is 19.6 Å². The fourth-order valence-corrected chi connectivity index (χ4v) is 3.45. The van der Waals surface area contributed by atoms with Crippen molar-refractivity contribution >= 4 is 44.2 Å². The summed E-state index contributed by atoms with van der Waals surface area (Å²) in [6.07, 6.45) is 0. The van der Waals surface area contributed by atoms with Crippen molar-refractivity contribution in [3.63, 3.8) is 0 Å². The maximum absolute atomic E-state index is 13.6. The van der Waals surface area contributed by atoms with Crippen molar-refractivity contribution in [2.24, 2.45) is 0 Å². The van der Waals surface area contributed by atoms with Crippen LogP contribution in [0.15, 0.2) is 42.5 Å². The molecule has 3 rings (SSSR count). The van der Waals surface area contributed by atoms with Crippen LogP contribution in [-0.2, 0) is 9.59 Å². The molecule has 146 valence electrons. The molecular formula is C19H18F2N4O2S. The van der Waals surface area contributed by atoms with Gasteiger partial charge in [0.2, 0.25) is 11.8 Å². The predicted molar refractivity (Wildman–Crippen MR) is 105 cm³/mol. The molecule has 2 amide bonds. The first-order valence-corrected chi connectivity index (χ1v) is 9.39. The first-order valence-electron chi connectivity index (χ1n) is 8.58. The first kappa shape index (κ1) is 19.8. The van der Waals surface area contributed by atoms with Gasteiger partial charge >= 0.3 is 0 Å². The summed E-state index contributed by atoms with van der Waals surface area (Å²) in [5, 5.41) is 5.40. The Morgan fingerprint density at radius 3 is 2.29 bits per heavy atom. The third kappa shape index (κ3) is 4.87. The molecule has 1 heterocycles. The van der Waals surface area contributed by atoms with Gasteiger partial charge in [0.1, 0.15) is 17.3 Å². The number of rotatable bonds is 7. The van der Waals surface area contributed by atoms with Gasteiger partial charge in [0.15, 0.2) is 5.13 Å². The highest BCUT2D eigenvalue weighted by Crippen LogP contribution is 2.25. The van der Waals surface area contributed by atoms with Gasteiger partial charge in [-0.05, 0) is 30.8 Å². The van der Waals surface area contributed by atoms with E-state index in [0.29, 0.717) is 11.7 Å². The highest BCUT2D eigenvalue weighted by molar-refractivity contribution is 7.22. The van der Waals surface area contributed by atoms with Crippen molar-refractivity contribution < 1.29 is 18.4 Å². The molecule has 0 bridgehead atoms. The van der Waals surface area contributed by atoms with Gasteiger partial charge in [-0.25, -0.2) is 13.8 Å². The topological polar surface area (TPSA) is 74.3 Å². The Balaban J connectivity index is 1.57. The molecule has 2 N–H and O–H groups in total. The highest BCUT2D eigenvalue weighted by Gasteiger charge is 2.17. The Kier molecular flexibility index (Phi) is 6.27. The number of hydrogen-bond acceptors (Lipinski definition) is 5. The van der Waals surface area contributed by atoms with Gasteiger partial charge in [-0.1, -0.05) is 36.5 Å². The van der Waals surface area contributed by atoms with Gasteiger partial charge in [-0.2, -0.15) is 0 Å². The number of thiazole rings is 1. The summed E-state index contributed by atoms with van der Waals surface area (Å²) >= 11 is 1.35. The molecular weight excluding hydrogens is 386 g/mol. The van der Waals surface area contributed by atoms with Crippen molar-refractivity contribution in [1.29, 1.82) is 0 Å². The second-order valence-corrected chi connectivity index (χ2v) is 7.01. The Morgan fingerprint density at radius 2 is 1.64 bits per heavy atom. The van der Waals surface area contributed by atoms with E-state index in [9.17, 15) is 18.4 Å². The van der Waals surface area contributed by atoms with Gasteiger partial charge in [0.25, 0.3) is 0 Å². The fraction of sp³-hybridized carbons (Fsp3) is 0.211. The van der Waals surface area contributed by atoms with E-state index in [2.05, 4.69) is 15.6 Å².